The Hall–Kier alpha value is -2.10. The summed E-state index contributed by atoms with van der Waals surface area (Å²) < 4.78 is 5.08. The highest BCUT2D eigenvalue weighted by Crippen LogP contribution is 2.25. The molecule has 0 aromatic heterocycles. The minimum atomic E-state index is -0.822. The zero-order valence-electron chi connectivity index (χ0n) is 13.3. The van der Waals surface area contributed by atoms with E-state index in [1.807, 2.05) is 31.2 Å². The molecular formula is C17H23NO3. The first-order chi connectivity index (χ1) is 9.76. The van der Waals surface area contributed by atoms with Gasteiger partial charge in [-0.2, -0.15) is 0 Å². The van der Waals surface area contributed by atoms with E-state index in [1.54, 1.807) is 26.8 Å². The van der Waals surface area contributed by atoms with Crippen LogP contribution in [0, 0.1) is 12.3 Å². The number of rotatable bonds is 5. The third-order valence-corrected chi connectivity index (χ3v) is 2.95. The summed E-state index contributed by atoms with van der Waals surface area (Å²) in [5, 5.41) is 2.79. The number of hydrogen-bond donors (Lipinski definition) is 1. The van der Waals surface area contributed by atoms with Gasteiger partial charge in [0, 0.05) is 12.6 Å². The second kappa shape index (κ2) is 7.07. The maximum absolute atomic E-state index is 12.0. The lowest BCUT2D eigenvalue weighted by atomic mass is 9.90. The number of esters is 1. The van der Waals surface area contributed by atoms with Gasteiger partial charge in [-0.05, 0) is 45.4 Å². The number of amides is 1. The van der Waals surface area contributed by atoms with Crippen molar-refractivity contribution in [1.29, 1.82) is 0 Å². The summed E-state index contributed by atoms with van der Waals surface area (Å²) in [6, 6.07) is 7.75. The number of ether oxygens (including phenoxy) is 1. The largest absolute Gasteiger partial charge is 0.465 e. The first-order valence-corrected chi connectivity index (χ1v) is 7.01. The van der Waals surface area contributed by atoms with Crippen LogP contribution in [0.1, 0.15) is 38.8 Å². The average molecular weight is 289 g/mol. The third-order valence-electron chi connectivity index (χ3n) is 2.95. The quantitative estimate of drug-likeness (QED) is 0.848. The molecule has 1 N–H and O–H groups in total. The fourth-order valence-corrected chi connectivity index (χ4v) is 1.93. The lowest BCUT2D eigenvalue weighted by molar-refractivity contribution is -0.150. The molecular weight excluding hydrogens is 266 g/mol. The van der Waals surface area contributed by atoms with Crippen molar-refractivity contribution in [2.45, 2.75) is 34.6 Å². The van der Waals surface area contributed by atoms with Gasteiger partial charge in [-0.1, -0.05) is 23.8 Å². The van der Waals surface area contributed by atoms with E-state index in [-0.39, 0.29) is 11.9 Å². The summed E-state index contributed by atoms with van der Waals surface area (Å²) in [6.45, 7) is 9.06. The van der Waals surface area contributed by atoms with Crippen LogP contribution in [0.4, 0.5) is 0 Å². The molecule has 0 spiro atoms. The van der Waals surface area contributed by atoms with Crippen LogP contribution in [0.2, 0.25) is 0 Å². The Balaban J connectivity index is 3.21. The molecule has 0 saturated carbocycles. The summed E-state index contributed by atoms with van der Waals surface area (Å²) in [5.41, 5.74) is 1.74. The number of benzene rings is 1. The minimum Gasteiger partial charge on any atom is -0.465 e. The van der Waals surface area contributed by atoms with Crippen LogP contribution in [-0.2, 0) is 14.3 Å². The van der Waals surface area contributed by atoms with Crippen molar-refractivity contribution in [3.05, 3.63) is 41.5 Å². The molecule has 0 aliphatic heterocycles. The molecule has 4 nitrogen and oxygen atoms in total. The number of hydrogen-bond acceptors (Lipinski definition) is 3. The van der Waals surface area contributed by atoms with Crippen LogP contribution in [0.15, 0.2) is 30.3 Å². The first-order valence-electron chi connectivity index (χ1n) is 7.01. The molecule has 0 atom stereocenters. The van der Waals surface area contributed by atoms with Crippen LogP contribution in [-0.4, -0.2) is 18.5 Å². The van der Waals surface area contributed by atoms with Crippen molar-refractivity contribution in [3.8, 4) is 0 Å². The molecule has 0 unspecified atom stereocenters. The molecule has 0 saturated heterocycles. The Morgan fingerprint density at radius 1 is 1.33 bits per heavy atom. The van der Waals surface area contributed by atoms with Gasteiger partial charge in [0.05, 0.1) is 12.0 Å². The van der Waals surface area contributed by atoms with E-state index in [2.05, 4.69) is 5.32 Å². The molecule has 0 radical (unpaired) electrons. The lowest BCUT2D eigenvalue weighted by Crippen LogP contribution is -2.27. The maximum Gasteiger partial charge on any atom is 0.315 e. The van der Waals surface area contributed by atoms with E-state index in [4.69, 9.17) is 4.74 Å². The Kier molecular flexibility index (Phi) is 5.70. The molecule has 1 rings (SSSR count). The summed E-state index contributed by atoms with van der Waals surface area (Å²) in [5.74, 6) is -0.497. The van der Waals surface area contributed by atoms with Gasteiger partial charge in [-0.3, -0.25) is 9.59 Å². The highest BCUT2D eigenvalue weighted by atomic mass is 16.5. The molecule has 4 heteroatoms. The van der Waals surface area contributed by atoms with E-state index in [1.165, 1.54) is 6.92 Å². The van der Waals surface area contributed by atoms with Gasteiger partial charge in [0.25, 0.3) is 0 Å². The van der Waals surface area contributed by atoms with Gasteiger partial charge in [-0.25, -0.2) is 0 Å². The first kappa shape index (κ1) is 17.0. The summed E-state index contributed by atoms with van der Waals surface area (Å²) in [4.78, 5) is 23.4. The molecule has 0 fully saturated rings. The van der Waals surface area contributed by atoms with Crippen LogP contribution in [0.5, 0.6) is 0 Å². The smallest absolute Gasteiger partial charge is 0.315 e. The monoisotopic (exact) mass is 289 g/mol. The van der Waals surface area contributed by atoms with Gasteiger partial charge in [0.2, 0.25) is 5.91 Å². The highest BCUT2D eigenvalue weighted by Gasteiger charge is 2.27. The van der Waals surface area contributed by atoms with Crippen molar-refractivity contribution < 1.29 is 14.3 Å². The van der Waals surface area contributed by atoms with Gasteiger partial charge >= 0.3 is 5.97 Å². The molecule has 0 aliphatic carbocycles. The van der Waals surface area contributed by atoms with Crippen LogP contribution < -0.4 is 5.32 Å². The van der Waals surface area contributed by atoms with E-state index >= 15 is 0 Å². The predicted molar refractivity (Wildman–Crippen MR) is 83.4 cm³/mol. The highest BCUT2D eigenvalue weighted by molar-refractivity contribution is 5.88. The number of carbonyl (C=O) groups excluding carboxylic acids is 2. The number of aryl methyl sites for hydroxylation is 1. The Bertz CT molecular complexity index is 559. The Labute approximate surface area is 126 Å². The van der Waals surface area contributed by atoms with E-state index in [0.717, 1.165) is 11.1 Å². The second-order valence-electron chi connectivity index (χ2n) is 5.55. The SMILES string of the molecule is CCOC(=O)C(C)(C)/C=C(\NC(C)=O)c1cccc(C)c1. The number of carbonyl (C=O) groups is 2. The van der Waals surface area contributed by atoms with Crippen LogP contribution in [0.25, 0.3) is 5.70 Å². The van der Waals surface area contributed by atoms with Gasteiger partial charge in [0.1, 0.15) is 0 Å². The topological polar surface area (TPSA) is 55.4 Å². The van der Waals surface area contributed by atoms with Crippen molar-refractivity contribution in [2.24, 2.45) is 5.41 Å². The molecule has 0 aliphatic rings. The van der Waals surface area contributed by atoms with E-state index in [0.29, 0.717) is 12.3 Å². The summed E-state index contributed by atoms with van der Waals surface area (Å²) in [6.07, 6.45) is 1.74. The van der Waals surface area contributed by atoms with Crippen molar-refractivity contribution >= 4 is 17.6 Å². The molecule has 1 amide bonds. The van der Waals surface area contributed by atoms with Gasteiger partial charge < -0.3 is 10.1 Å². The summed E-state index contributed by atoms with van der Waals surface area (Å²) in [7, 11) is 0. The third kappa shape index (κ3) is 5.06. The van der Waals surface area contributed by atoms with Crippen molar-refractivity contribution in [2.75, 3.05) is 6.61 Å². The van der Waals surface area contributed by atoms with Gasteiger partial charge in [0.15, 0.2) is 0 Å². The fraction of sp³-hybridized carbons (Fsp3) is 0.412. The molecule has 0 heterocycles. The second-order valence-corrected chi connectivity index (χ2v) is 5.55. The van der Waals surface area contributed by atoms with E-state index < -0.39 is 5.41 Å². The fourth-order valence-electron chi connectivity index (χ4n) is 1.93. The zero-order valence-corrected chi connectivity index (χ0v) is 13.3. The minimum absolute atomic E-state index is 0.178. The van der Waals surface area contributed by atoms with Crippen LogP contribution in [0.3, 0.4) is 0 Å². The molecule has 1 aromatic rings. The predicted octanol–water partition coefficient (Wildman–Crippen LogP) is 3.06. The van der Waals surface area contributed by atoms with Crippen molar-refractivity contribution in [1.82, 2.24) is 5.32 Å². The zero-order chi connectivity index (χ0) is 16.0. The van der Waals surface area contributed by atoms with Crippen molar-refractivity contribution in [3.63, 3.8) is 0 Å². The van der Waals surface area contributed by atoms with Gasteiger partial charge in [-0.15, -0.1) is 0 Å². The van der Waals surface area contributed by atoms with E-state index in [9.17, 15) is 9.59 Å². The Morgan fingerprint density at radius 2 is 2.00 bits per heavy atom. The molecule has 21 heavy (non-hydrogen) atoms. The lowest BCUT2D eigenvalue weighted by Gasteiger charge is -2.21. The van der Waals surface area contributed by atoms with Crippen LogP contribution >= 0.6 is 0 Å². The summed E-state index contributed by atoms with van der Waals surface area (Å²) >= 11 is 0. The number of nitrogens with one attached hydrogen (secondary N) is 1. The maximum atomic E-state index is 12.0. The molecule has 0 bridgehead atoms. The standard InChI is InChI=1S/C17H23NO3/c1-6-21-16(20)17(4,5)11-15(18-13(3)19)14-9-7-8-12(2)10-14/h7-11H,6H2,1-5H3,(H,18,19)/b15-11-. The average Bonchev–Trinajstić information content (AvgIpc) is 2.37. The molecule has 1 aromatic carbocycles. The Morgan fingerprint density at radius 3 is 2.52 bits per heavy atom. The normalized spacial score (nSPS) is 12.0. The molecule has 114 valence electrons.